The van der Waals surface area contributed by atoms with E-state index in [0.29, 0.717) is 15.8 Å². The Hall–Kier alpha value is -1.43. The van der Waals surface area contributed by atoms with E-state index >= 15 is 0 Å². The number of carbonyl (C=O) groups excluding carboxylic acids is 1. The Balaban J connectivity index is 3.04. The van der Waals surface area contributed by atoms with E-state index in [4.69, 9.17) is 27.9 Å². The molecule has 0 aliphatic heterocycles. The zero-order valence-electron chi connectivity index (χ0n) is 11.2. The zero-order valence-corrected chi connectivity index (χ0v) is 12.7. The van der Waals surface area contributed by atoms with Crippen LogP contribution in [0.1, 0.15) is 13.8 Å². The summed E-state index contributed by atoms with van der Waals surface area (Å²) in [6.07, 6.45) is 1.38. The standard InChI is InChI=1S/C13H16Cl2N2O3/c1-4-5-16-13(18)17(19)11-7-12(20-8(2)3)10(15)6-9(11)14/h4,6-8,19H,1,5H2,2-3H3,(H,16,18). The highest BCUT2D eigenvalue weighted by Gasteiger charge is 2.19. The predicted molar refractivity (Wildman–Crippen MR) is 80.1 cm³/mol. The first-order chi connectivity index (χ1) is 9.36. The Morgan fingerprint density at radius 3 is 2.70 bits per heavy atom. The van der Waals surface area contributed by atoms with Crippen molar-refractivity contribution in [1.82, 2.24) is 5.32 Å². The van der Waals surface area contributed by atoms with Crippen molar-refractivity contribution in [3.05, 3.63) is 34.8 Å². The van der Waals surface area contributed by atoms with E-state index in [1.165, 1.54) is 18.2 Å². The van der Waals surface area contributed by atoms with Crippen LogP contribution in [0, 0.1) is 0 Å². The average molecular weight is 319 g/mol. The summed E-state index contributed by atoms with van der Waals surface area (Å²) in [6, 6.07) is 2.07. The van der Waals surface area contributed by atoms with E-state index < -0.39 is 6.03 Å². The van der Waals surface area contributed by atoms with Crippen molar-refractivity contribution in [1.29, 1.82) is 0 Å². The van der Waals surface area contributed by atoms with Gasteiger partial charge in [0.25, 0.3) is 0 Å². The summed E-state index contributed by atoms with van der Waals surface area (Å²) in [5.74, 6) is 0.330. The molecule has 0 atom stereocenters. The lowest BCUT2D eigenvalue weighted by Crippen LogP contribution is -2.37. The summed E-state index contributed by atoms with van der Waals surface area (Å²) >= 11 is 12.0. The molecular weight excluding hydrogens is 303 g/mol. The van der Waals surface area contributed by atoms with Gasteiger partial charge in [-0.2, -0.15) is 5.06 Å². The summed E-state index contributed by atoms with van der Waals surface area (Å²) in [6.45, 7) is 7.34. The summed E-state index contributed by atoms with van der Waals surface area (Å²) in [5.41, 5.74) is 0.0771. The second-order valence-corrected chi connectivity index (χ2v) is 5.00. The monoisotopic (exact) mass is 318 g/mol. The molecule has 1 rings (SSSR count). The molecule has 0 bridgehead atoms. The molecule has 0 radical (unpaired) electrons. The number of anilines is 1. The first kappa shape index (κ1) is 16.6. The summed E-state index contributed by atoms with van der Waals surface area (Å²) < 4.78 is 5.48. The molecule has 2 amide bonds. The van der Waals surface area contributed by atoms with E-state index in [9.17, 15) is 10.0 Å². The molecule has 0 saturated carbocycles. The van der Waals surface area contributed by atoms with E-state index in [1.807, 2.05) is 13.8 Å². The SMILES string of the molecule is C=CCNC(=O)N(O)c1cc(OC(C)C)c(Cl)cc1Cl. The Bertz CT molecular complexity index is 507. The van der Waals surface area contributed by atoms with Crippen molar-refractivity contribution in [2.24, 2.45) is 0 Å². The average Bonchev–Trinajstić information content (AvgIpc) is 2.37. The van der Waals surface area contributed by atoms with Gasteiger partial charge in [0.1, 0.15) is 5.75 Å². The van der Waals surface area contributed by atoms with Gasteiger partial charge < -0.3 is 10.1 Å². The number of hydrogen-bond acceptors (Lipinski definition) is 3. The molecule has 7 heteroatoms. The molecule has 0 unspecified atom stereocenters. The third kappa shape index (κ3) is 4.30. The van der Waals surface area contributed by atoms with Gasteiger partial charge in [0.2, 0.25) is 0 Å². The van der Waals surface area contributed by atoms with Crippen LogP contribution in [0.15, 0.2) is 24.8 Å². The zero-order chi connectivity index (χ0) is 15.3. The largest absolute Gasteiger partial charge is 0.489 e. The molecule has 0 fully saturated rings. The Kier molecular flexibility index (Phi) is 6.13. The summed E-state index contributed by atoms with van der Waals surface area (Å²) in [4.78, 5) is 11.7. The lowest BCUT2D eigenvalue weighted by atomic mass is 10.3. The molecule has 0 spiro atoms. The number of carbonyl (C=O) groups is 1. The van der Waals surface area contributed by atoms with Gasteiger partial charge in [0.05, 0.1) is 21.8 Å². The minimum absolute atomic E-state index is 0.0771. The fraction of sp³-hybridized carbons (Fsp3) is 0.308. The minimum Gasteiger partial charge on any atom is -0.489 e. The maximum atomic E-state index is 11.7. The van der Waals surface area contributed by atoms with Crippen molar-refractivity contribution >= 4 is 34.9 Å². The van der Waals surface area contributed by atoms with Crippen LogP contribution in [-0.2, 0) is 0 Å². The van der Waals surface area contributed by atoms with Gasteiger partial charge in [0.15, 0.2) is 0 Å². The normalized spacial score (nSPS) is 10.3. The van der Waals surface area contributed by atoms with Gasteiger partial charge in [0, 0.05) is 12.6 Å². The van der Waals surface area contributed by atoms with Crippen molar-refractivity contribution in [3.63, 3.8) is 0 Å². The van der Waals surface area contributed by atoms with Crippen molar-refractivity contribution in [2.75, 3.05) is 11.6 Å². The first-order valence-corrected chi connectivity index (χ1v) is 6.65. The number of benzene rings is 1. The van der Waals surface area contributed by atoms with Gasteiger partial charge in [-0.15, -0.1) is 6.58 Å². The summed E-state index contributed by atoms with van der Waals surface area (Å²) in [7, 11) is 0. The molecule has 110 valence electrons. The predicted octanol–water partition coefficient (Wildman–Crippen LogP) is 3.87. The van der Waals surface area contributed by atoms with Crippen LogP contribution in [0.2, 0.25) is 10.0 Å². The van der Waals surface area contributed by atoms with Gasteiger partial charge in [-0.05, 0) is 19.9 Å². The highest BCUT2D eigenvalue weighted by molar-refractivity contribution is 6.37. The van der Waals surface area contributed by atoms with Gasteiger partial charge >= 0.3 is 6.03 Å². The van der Waals surface area contributed by atoms with Crippen LogP contribution in [0.3, 0.4) is 0 Å². The third-order valence-electron chi connectivity index (χ3n) is 2.18. The molecule has 0 aliphatic rings. The smallest absolute Gasteiger partial charge is 0.346 e. The van der Waals surface area contributed by atoms with Crippen LogP contribution in [0.4, 0.5) is 10.5 Å². The number of urea groups is 1. The highest BCUT2D eigenvalue weighted by atomic mass is 35.5. The van der Waals surface area contributed by atoms with Crippen LogP contribution >= 0.6 is 23.2 Å². The number of nitrogens with zero attached hydrogens (tertiary/aromatic N) is 1. The number of amides is 2. The van der Waals surface area contributed by atoms with E-state index in [0.717, 1.165) is 0 Å². The van der Waals surface area contributed by atoms with Crippen molar-refractivity contribution < 1.29 is 14.7 Å². The Morgan fingerprint density at radius 1 is 1.50 bits per heavy atom. The summed E-state index contributed by atoms with van der Waals surface area (Å²) in [5, 5.41) is 13.1. The topological polar surface area (TPSA) is 61.8 Å². The third-order valence-corrected chi connectivity index (χ3v) is 2.78. The number of rotatable bonds is 5. The van der Waals surface area contributed by atoms with E-state index in [1.54, 1.807) is 0 Å². The second kappa shape index (κ2) is 7.38. The molecule has 0 aliphatic carbocycles. The number of halogens is 2. The van der Waals surface area contributed by atoms with Gasteiger partial charge in [-0.25, -0.2) is 4.79 Å². The molecule has 1 aromatic rings. The number of ether oxygens (including phenoxy) is 1. The van der Waals surface area contributed by atoms with Crippen LogP contribution in [-0.4, -0.2) is 23.9 Å². The number of nitrogens with one attached hydrogen (secondary N) is 1. The molecule has 5 nitrogen and oxygen atoms in total. The molecule has 0 saturated heterocycles. The lowest BCUT2D eigenvalue weighted by molar-refractivity contribution is 0.205. The van der Waals surface area contributed by atoms with Crippen LogP contribution < -0.4 is 15.1 Å². The van der Waals surface area contributed by atoms with E-state index in [2.05, 4.69) is 11.9 Å². The van der Waals surface area contributed by atoms with Crippen molar-refractivity contribution in [3.8, 4) is 5.75 Å². The Morgan fingerprint density at radius 2 is 2.15 bits per heavy atom. The minimum atomic E-state index is -0.732. The van der Waals surface area contributed by atoms with Crippen molar-refractivity contribution in [2.45, 2.75) is 20.0 Å². The van der Waals surface area contributed by atoms with Crippen LogP contribution in [0.5, 0.6) is 5.75 Å². The molecule has 20 heavy (non-hydrogen) atoms. The van der Waals surface area contributed by atoms with Gasteiger partial charge in [-0.1, -0.05) is 29.3 Å². The lowest BCUT2D eigenvalue weighted by Gasteiger charge is -2.19. The molecule has 1 aromatic carbocycles. The fourth-order valence-corrected chi connectivity index (χ4v) is 1.88. The van der Waals surface area contributed by atoms with Crippen LogP contribution in [0.25, 0.3) is 0 Å². The van der Waals surface area contributed by atoms with Gasteiger partial charge in [-0.3, -0.25) is 5.21 Å². The first-order valence-electron chi connectivity index (χ1n) is 5.90. The highest BCUT2D eigenvalue weighted by Crippen LogP contribution is 2.36. The molecular formula is C13H16Cl2N2O3. The van der Waals surface area contributed by atoms with E-state index in [-0.39, 0.29) is 23.4 Å². The number of hydroxylamine groups is 1. The quantitative estimate of drug-likeness (QED) is 0.492. The molecule has 0 heterocycles. The maximum Gasteiger partial charge on any atom is 0.346 e. The fourth-order valence-electron chi connectivity index (χ4n) is 1.37. The Labute approximate surface area is 127 Å². The maximum absolute atomic E-state index is 11.7. The number of hydrogen-bond donors (Lipinski definition) is 2. The molecule has 0 aromatic heterocycles. The molecule has 2 N–H and O–H groups in total. The second-order valence-electron chi connectivity index (χ2n) is 4.19.